The van der Waals surface area contributed by atoms with Crippen molar-refractivity contribution in [2.45, 2.75) is 0 Å². The number of nitrogens with zero attached hydrogens (tertiary/aromatic N) is 1. The van der Waals surface area contributed by atoms with E-state index in [-0.39, 0.29) is 21.8 Å². The van der Waals surface area contributed by atoms with Crippen molar-refractivity contribution in [1.29, 1.82) is 0 Å². The first kappa shape index (κ1) is 14.2. The number of carbonyl (C=O) groups is 3. The molecule has 0 bridgehead atoms. The third-order valence-electron chi connectivity index (χ3n) is 3.33. The summed E-state index contributed by atoms with van der Waals surface area (Å²) in [6, 6.07) is 7.94. The maximum atomic E-state index is 13.8. The number of nitrogen functional groups attached to an aromatic ring is 1. The number of hydrogen-bond acceptors (Lipinski definition) is 4. The van der Waals surface area contributed by atoms with Crippen LogP contribution in [-0.2, 0) is 0 Å². The van der Waals surface area contributed by atoms with E-state index < -0.39 is 29.1 Å². The molecule has 2 aromatic rings. The van der Waals surface area contributed by atoms with Crippen LogP contribution < -0.4 is 5.73 Å². The average molecular weight is 319 g/mol. The highest BCUT2D eigenvalue weighted by atomic mass is 35.5. The number of imide groups is 3. The Labute approximate surface area is 129 Å². The Hall–Kier alpha value is -2.73. The molecule has 0 aromatic heterocycles. The number of benzene rings is 2. The number of anilines is 1. The van der Waals surface area contributed by atoms with Crippen LogP contribution in [0.4, 0.5) is 10.1 Å². The minimum absolute atomic E-state index is 0.00538. The molecule has 110 valence electrons. The van der Waals surface area contributed by atoms with Crippen molar-refractivity contribution in [2.24, 2.45) is 0 Å². The van der Waals surface area contributed by atoms with Crippen LogP contribution in [0.25, 0.3) is 0 Å². The van der Waals surface area contributed by atoms with Gasteiger partial charge in [0.1, 0.15) is 5.82 Å². The van der Waals surface area contributed by atoms with Gasteiger partial charge < -0.3 is 5.73 Å². The van der Waals surface area contributed by atoms with Crippen molar-refractivity contribution in [3.05, 3.63) is 63.9 Å². The summed E-state index contributed by atoms with van der Waals surface area (Å²) in [5.74, 6) is -3.77. The van der Waals surface area contributed by atoms with Crippen LogP contribution in [0.1, 0.15) is 31.1 Å². The van der Waals surface area contributed by atoms with E-state index in [1.54, 1.807) is 0 Å². The molecule has 0 unspecified atom stereocenters. The molecule has 22 heavy (non-hydrogen) atoms. The van der Waals surface area contributed by atoms with Crippen LogP contribution in [0.15, 0.2) is 36.4 Å². The zero-order chi connectivity index (χ0) is 16.0. The quantitative estimate of drug-likeness (QED) is 0.647. The van der Waals surface area contributed by atoms with Crippen LogP contribution in [0, 0.1) is 5.82 Å². The molecule has 3 amide bonds. The van der Waals surface area contributed by atoms with E-state index in [9.17, 15) is 18.8 Å². The smallest absolute Gasteiger partial charge is 0.272 e. The number of carbonyl (C=O) groups excluding carboxylic acids is 3. The molecule has 2 aromatic carbocycles. The first-order chi connectivity index (χ1) is 10.4. The zero-order valence-corrected chi connectivity index (χ0v) is 11.7. The first-order valence-electron chi connectivity index (χ1n) is 6.19. The van der Waals surface area contributed by atoms with E-state index in [0.717, 1.165) is 6.07 Å². The van der Waals surface area contributed by atoms with Crippen molar-refractivity contribution >= 4 is 35.0 Å². The molecule has 0 atom stereocenters. The summed E-state index contributed by atoms with van der Waals surface area (Å²) < 4.78 is 13.8. The normalized spacial score (nSPS) is 13.5. The van der Waals surface area contributed by atoms with Gasteiger partial charge in [0.15, 0.2) is 0 Å². The fourth-order valence-corrected chi connectivity index (χ4v) is 2.55. The van der Waals surface area contributed by atoms with Crippen molar-refractivity contribution in [1.82, 2.24) is 4.90 Å². The van der Waals surface area contributed by atoms with Gasteiger partial charge in [0.25, 0.3) is 17.7 Å². The van der Waals surface area contributed by atoms with Crippen molar-refractivity contribution in [2.75, 3.05) is 5.73 Å². The summed E-state index contributed by atoms with van der Waals surface area (Å²) in [6.45, 7) is 0. The van der Waals surface area contributed by atoms with Gasteiger partial charge in [-0.15, -0.1) is 0 Å². The maximum absolute atomic E-state index is 13.8. The average Bonchev–Trinajstić information content (AvgIpc) is 2.71. The Morgan fingerprint density at radius 2 is 1.77 bits per heavy atom. The van der Waals surface area contributed by atoms with E-state index >= 15 is 0 Å². The number of halogens is 2. The van der Waals surface area contributed by atoms with Crippen molar-refractivity contribution < 1.29 is 18.8 Å². The van der Waals surface area contributed by atoms with Gasteiger partial charge in [-0.3, -0.25) is 14.4 Å². The summed E-state index contributed by atoms with van der Waals surface area (Å²) in [6.07, 6.45) is 0. The summed E-state index contributed by atoms with van der Waals surface area (Å²) in [4.78, 5) is 37.3. The van der Waals surface area contributed by atoms with Gasteiger partial charge in [-0.2, -0.15) is 0 Å². The second kappa shape index (κ2) is 4.92. The van der Waals surface area contributed by atoms with Gasteiger partial charge in [0, 0.05) is 5.69 Å². The highest BCUT2D eigenvalue weighted by molar-refractivity contribution is 6.37. The predicted octanol–water partition coefficient (Wildman–Crippen LogP) is 2.50. The number of fused-ring (bicyclic) bond motifs is 1. The van der Waals surface area contributed by atoms with Gasteiger partial charge >= 0.3 is 0 Å². The van der Waals surface area contributed by atoms with E-state index in [4.69, 9.17) is 17.3 Å². The molecule has 3 rings (SSSR count). The topological polar surface area (TPSA) is 80.5 Å². The summed E-state index contributed by atoms with van der Waals surface area (Å²) >= 11 is 5.81. The second-order valence-corrected chi connectivity index (χ2v) is 5.02. The molecule has 1 heterocycles. The molecule has 0 radical (unpaired) electrons. The van der Waals surface area contributed by atoms with Gasteiger partial charge in [-0.1, -0.05) is 23.7 Å². The lowest BCUT2D eigenvalue weighted by Gasteiger charge is -2.13. The fourth-order valence-electron chi connectivity index (χ4n) is 2.31. The lowest BCUT2D eigenvalue weighted by Crippen LogP contribution is -2.36. The van der Waals surface area contributed by atoms with Gasteiger partial charge in [0.05, 0.1) is 21.7 Å². The Balaban J connectivity index is 2.12. The third-order valence-corrected chi connectivity index (χ3v) is 3.64. The monoisotopic (exact) mass is 318 g/mol. The molecule has 0 fully saturated rings. The number of nitrogens with two attached hydrogens (primary N) is 1. The summed E-state index contributed by atoms with van der Waals surface area (Å²) in [7, 11) is 0. The highest BCUT2D eigenvalue weighted by Crippen LogP contribution is 2.30. The van der Waals surface area contributed by atoms with Crippen LogP contribution >= 0.6 is 11.6 Å². The molecular weight excluding hydrogens is 311 g/mol. The molecule has 1 aliphatic rings. The molecule has 7 heteroatoms. The number of hydrogen-bond donors (Lipinski definition) is 1. The Morgan fingerprint density at radius 1 is 1.09 bits per heavy atom. The van der Waals surface area contributed by atoms with Crippen molar-refractivity contribution in [3.8, 4) is 0 Å². The third kappa shape index (κ3) is 1.88. The van der Waals surface area contributed by atoms with Gasteiger partial charge in [-0.25, -0.2) is 9.29 Å². The van der Waals surface area contributed by atoms with Crippen molar-refractivity contribution in [3.63, 3.8) is 0 Å². The predicted molar refractivity (Wildman–Crippen MR) is 77.1 cm³/mol. The SMILES string of the molecule is Nc1cccc2c1C(=O)N(C(=O)c1c(F)cccc1Cl)C2=O. The molecular formula is C15H8ClFN2O3. The summed E-state index contributed by atoms with van der Waals surface area (Å²) in [5.41, 5.74) is 5.16. The standard InChI is InChI=1S/C15H8ClFN2O3/c16-8-4-2-5-9(17)12(8)15(22)19-13(20)7-3-1-6-10(18)11(7)14(19)21/h1-6H,18H2. The van der Waals surface area contributed by atoms with E-state index in [1.165, 1.54) is 30.3 Å². The molecule has 2 N–H and O–H groups in total. The van der Waals surface area contributed by atoms with Crippen LogP contribution in [0.2, 0.25) is 5.02 Å². The summed E-state index contributed by atoms with van der Waals surface area (Å²) in [5, 5.41) is -0.186. The van der Waals surface area contributed by atoms with Crippen LogP contribution in [-0.4, -0.2) is 22.6 Å². The number of rotatable bonds is 1. The molecule has 0 saturated heterocycles. The first-order valence-corrected chi connectivity index (χ1v) is 6.57. The van der Waals surface area contributed by atoms with Crippen LogP contribution in [0.3, 0.4) is 0 Å². The van der Waals surface area contributed by atoms with Crippen LogP contribution in [0.5, 0.6) is 0 Å². The highest BCUT2D eigenvalue weighted by Gasteiger charge is 2.42. The Kier molecular flexibility index (Phi) is 3.18. The lowest BCUT2D eigenvalue weighted by molar-refractivity contribution is 0.0564. The van der Waals surface area contributed by atoms with Gasteiger partial charge in [0.2, 0.25) is 0 Å². The largest absolute Gasteiger partial charge is 0.398 e. The minimum Gasteiger partial charge on any atom is -0.398 e. The Morgan fingerprint density at radius 3 is 2.41 bits per heavy atom. The maximum Gasteiger partial charge on any atom is 0.272 e. The van der Waals surface area contributed by atoms with E-state index in [0.29, 0.717) is 4.90 Å². The second-order valence-electron chi connectivity index (χ2n) is 4.62. The number of amides is 3. The minimum atomic E-state index is -1.12. The van der Waals surface area contributed by atoms with E-state index in [2.05, 4.69) is 0 Å². The zero-order valence-electron chi connectivity index (χ0n) is 11.0. The molecule has 0 spiro atoms. The molecule has 5 nitrogen and oxygen atoms in total. The molecule has 0 aliphatic carbocycles. The fraction of sp³-hybridized carbons (Fsp3) is 0. The molecule has 0 saturated carbocycles. The lowest BCUT2D eigenvalue weighted by atomic mass is 10.1. The van der Waals surface area contributed by atoms with E-state index in [1.807, 2.05) is 0 Å². The Bertz CT molecular complexity index is 830. The van der Waals surface area contributed by atoms with Gasteiger partial charge in [-0.05, 0) is 24.3 Å². The molecule has 1 aliphatic heterocycles.